The average Bonchev–Trinajstić information content (AvgIpc) is 2.95. The Balaban J connectivity index is 2.21. The minimum atomic E-state index is 0.222. The first kappa shape index (κ1) is 16.1. The van der Waals surface area contributed by atoms with Crippen LogP contribution in [0.2, 0.25) is 0 Å². The summed E-state index contributed by atoms with van der Waals surface area (Å²) in [5.41, 5.74) is 1.01. The van der Waals surface area contributed by atoms with Gasteiger partial charge in [0.1, 0.15) is 0 Å². The largest absolute Gasteiger partial charge is 0.334 e. The first-order chi connectivity index (χ1) is 9.90. The number of rotatable bonds is 5. The van der Waals surface area contributed by atoms with Gasteiger partial charge < -0.3 is 4.90 Å². The zero-order valence-corrected chi connectivity index (χ0v) is 13.9. The normalized spacial score (nSPS) is 31.2. The SMILES string of the molecule is C=CC1CC(C=C)C2CC(C(=O)N(C(C)C)C(C)C)=CC12. The summed E-state index contributed by atoms with van der Waals surface area (Å²) in [5.74, 6) is 2.26. The highest BCUT2D eigenvalue weighted by Crippen LogP contribution is 2.51. The fraction of sp³-hybridized carbons (Fsp3) is 0.632. The number of hydrogen-bond donors (Lipinski definition) is 0. The standard InChI is InChI=1S/C19H29NO/c1-7-14-9-15(8-2)18-11-16(10-17(14)18)19(21)20(12(3)4)13(5)6/h7-8,10,12-15,17-18H,1-2,9,11H2,3-6H3. The molecule has 0 aliphatic heterocycles. The zero-order valence-electron chi connectivity index (χ0n) is 13.9. The van der Waals surface area contributed by atoms with Crippen molar-refractivity contribution in [2.24, 2.45) is 23.7 Å². The summed E-state index contributed by atoms with van der Waals surface area (Å²) in [6.45, 7) is 16.3. The predicted octanol–water partition coefficient (Wildman–Crippen LogP) is 4.20. The van der Waals surface area contributed by atoms with Crippen LogP contribution in [0.15, 0.2) is 37.0 Å². The van der Waals surface area contributed by atoms with Crippen molar-refractivity contribution in [3.05, 3.63) is 37.0 Å². The third-order valence-electron chi connectivity index (χ3n) is 5.16. The van der Waals surface area contributed by atoms with E-state index in [4.69, 9.17) is 0 Å². The van der Waals surface area contributed by atoms with Crippen LogP contribution in [0.3, 0.4) is 0 Å². The van der Waals surface area contributed by atoms with E-state index in [1.54, 1.807) is 0 Å². The van der Waals surface area contributed by atoms with Crippen LogP contribution in [0.5, 0.6) is 0 Å². The molecule has 2 aliphatic carbocycles. The van der Waals surface area contributed by atoms with Gasteiger partial charge in [0.25, 0.3) is 0 Å². The molecule has 1 amide bonds. The molecule has 2 nitrogen and oxygen atoms in total. The van der Waals surface area contributed by atoms with Gasteiger partial charge in [-0.3, -0.25) is 4.79 Å². The predicted molar refractivity (Wildman–Crippen MR) is 88.8 cm³/mol. The van der Waals surface area contributed by atoms with Crippen molar-refractivity contribution in [1.29, 1.82) is 0 Å². The van der Waals surface area contributed by atoms with Gasteiger partial charge in [0.15, 0.2) is 0 Å². The summed E-state index contributed by atoms with van der Waals surface area (Å²) >= 11 is 0. The molecule has 0 bridgehead atoms. The maximum Gasteiger partial charge on any atom is 0.249 e. The van der Waals surface area contributed by atoms with Gasteiger partial charge in [-0.1, -0.05) is 18.2 Å². The Hall–Kier alpha value is -1.31. The van der Waals surface area contributed by atoms with Crippen molar-refractivity contribution >= 4 is 5.91 Å². The second kappa shape index (κ2) is 6.21. The summed E-state index contributed by atoms with van der Waals surface area (Å²) in [6.07, 6.45) is 8.41. The Morgan fingerprint density at radius 1 is 1.19 bits per heavy atom. The van der Waals surface area contributed by atoms with Crippen LogP contribution in [-0.2, 0) is 4.79 Å². The van der Waals surface area contributed by atoms with E-state index in [0.717, 1.165) is 18.4 Å². The van der Waals surface area contributed by atoms with E-state index >= 15 is 0 Å². The van der Waals surface area contributed by atoms with Crippen molar-refractivity contribution in [2.75, 3.05) is 0 Å². The first-order valence-electron chi connectivity index (χ1n) is 8.19. The lowest BCUT2D eigenvalue weighted by molar-refractivity contribution is -0.130. The van der Waals surface area contributed by atoms with Gasteiger partial charge in [-0.25, -0.2) is 0 Å². The van der Waals surface area contributed by atoms with Crippen molar-refractivity contribution in [3.63, 3.8) is 0 Å². The van der Waals surface area contributed by atoms with E-state index in [0.29, 0.717) is 23.7 Å². The molecule has 0 heterocycles. The quantitative estimate of drug-likeness (QED) is 0.694. The molecule has 0 spiro atoms. The van der Waals surface area contributed by atoms with Gasteiger partial charge in [-0.05, 0) is 64.2 Å². The Morgan fingerprint density at radius 3 is 2.24 bits per heavy atom. The molecule has 1 fully saturated rings. The molecule has 2 heteroatoms. The molecular weight excluding hydrogens is 258 g/mol. The molecule has 2 rings (SSSR count). The number of amides is 1. The number of allylic oxidation sites excluding steroid dienone is 3. The number of hydrogen-bond acceptors (Lipinski definition) is 1. The monoisotopic (exact) mass is 287 g/mol. The Labute approximate surface area is 129 Å². The molecule has 0 aromatic carbocycles. The maximum absolute atomic E-state index is 12.9. The lowest BCUT2D eigenvalue weighted by Gasteiger charge is -2.31. The first-order valence-corrected chi connectivity index (χ1v) is 8.19. The van der Waals surface area contributed by atoms with E-state index in [1.807, 2.05) is 4.90 Å². The molecule has 2 aliphatic rings. The van der Waals surface area contributed by atoms with Crippen LogP contribution in [0.25, 0.3) is 0 Å². The fourth-order valence-electron chi connectivity index (χ4n) is 4.25. The molecule has 0 N–H and O–H groups in total. The molecule has 0 saturated heterocycles. The second-order valence-electron chi connectivity index (χ2n) is 7.07. The molecule has 0 aromatic rings. The zero-order chi connectivity index (χ0) is 15.7. The minimum absolute atomic E-state index is 0.222. The fourth-order valence-corrected chi connectivity index (χ4v) is 4.25. The van der Waals surface area contributed by atoms with Crippen molar-refractivity contribution in [2.45, 2.75) is 52.6 Å². The van der Waals surface area contributed by atoms with E-state index < -0.39 is 0 Å². The van der Waals surface area contributed by atoms with Crippen LogP contribution >= 0.6 is 0 Å². The minimum Gasteiger partial charge on any atom is -0.334 e. The maximum atomic E-state index is 12.9. The number of fused-ring (bicyclic) bond motifs is 1. The number of carbonyl (C=O) groups excluding carboxylic acids is 1. The van der Waals surface area contributed by atoms with Gasteiger partial charge >= 0.3 is 0 Å². The topological polar surface area (TPSA) is 20.3 Å². The molecule has 4 unspecified atom stereocenters. The number of nitrogens with zero attached hydrogens (tertiary/aromatic N) is 1. The smallest absolute Gasteiger partial charge is 0.249 e. The van der Waals surface area contributed by atoms with Crippen LogP contribution in [0.4, 0.5) is 0 Å². The Morgan fingerprint density at radius 2 is 1.76 bits per heavy atom. The Bertz CT molecular complexity index is 452. The van der Waals surface area contributed by atoms with Gasteiger partial charge in [-0.2, -0.15) is 0 Å². The second-order valence-corrected chi connectivity index (χ2v) is 7.07. The molecule has 116 valence electrons. The summed E-state index contributed by atoms with van der Waals surface area (Å²) in [6, 6.07) is 0.480. The molecule has 4 atom stereocenters. The Kier molecular flexibility index (Phi) is 4.75. The molecular formula is C19H29NO. The van der Waals surface area contributed by atoms with Crippen molar-refractivity contribution < 1.29 is 4.79 Å². The van der Waals surface area contributed by atoms with Crippen molar-refractivity contribution in [1.82, 2.24) is 4.90 Å². The molecule has 0 aromatic heterocycles. The van der Waals surface area contributed by atoms with E-state index in [1.165, 1.54) is 0 Å². The summed E-state index contributed by atoms with van der Waals surface area (Å²) in [7, 11) is 0. The molecule has 1 saturated carbocycles. The van der Waals surface area contributed by atoms with Crippen LogP contribution < -0.4 is 0 Å². The third kappa shape index (κ3) is 2.86. The average molecular weight is 287 g/mol. The summed E-state index contributed by atoms with van der Waals surface area (Å²) in [5, 5.41) is 0. The summed E-state index contributed by atoms with van der Waals surface area (Å²) in [4.78, 5) is 14.9. The van der Waals surface area contributed by atoms with E-state index in [2.05, 4.69) is 59.1 Å². The van der Waals surface area contributed by atoms with Gasteiger partial charge in [0.05, 0.1) is 0 Å². The van der Waals surface area contributed by atoms with Gasteiger partial charge in [0, 0.05) is 17.7 Å². The van der Waals surface area contributed by atoms with Gasteiger partial charge in [-0.15, -0.1) is 13.2 Å². The summed E-state index contributed by atoms with van der Waals surface area (Å²) < 4.78 is 0. The molecule has 0 radical (unpaired) electrons. The van der Waals surface area contributed by atoms with E-state index in [9.17, 15) is 4.79 Å². The highest BCUT2D eigenvalue weighted by Gasteiger charge is 2.44. The van der Waals surface area contributed by atoms with Gasteiger partial charge in [0.2, 0.25) is 5.91 Å². The van der Waals surface area contributed by atoms with Crippen LogP contribution in [0.1, 0.15) is 40.5 Å². The van der Waals surface area contributed by atoms with Crippen LogP contribution in [-0.4, -0.2) is 22.9 Å². The highest BCUT2D eigenvalue weighted by molar-refractivity contribution is 5.94. The van der Waals surface area contributed by atoms with E-state index in [-0.39, 0.29) is 18.0 Å². The highest BCUT2D eigenvalue weighted by atomic mass is 16.2. The lowest BCUT2D eigenvalue weighted by Crippen LogP contribution is -2.42. The lowest BCUT2D eigenvalue weighted by atomic mass is 9.89. The van der Waals surface area contributed by atoms with Crippen molar-refractivity contribution in [3.8, 4) is 0 Å². The number of carbonyl (C=O) groups is 1. The third-order valence-corrected chi connectivity index (χ3v) is 5.16. The molecule has 21 heavy (non-hydrogen) atoms. The van der Waals surface area contributed by atoms with Crippen LogP contribution in [0, 0.1) is 23.7 Å².